The average molecular weight is 461 g/mol. The first-order valence-corrected chi connectivity index (χ1v) is 13.1. The molecule has 0 unspecified atom stereocenters. The number of esters is 1. The van der Waals surface area contributed by atoms with E-state index >= 15 is 0 Å². The van der Waals surface area contributed by atoms with Crippen LogP contribution < -0.4 is 9.47 Å². The van der Waals surface area contributed by atoms with Crippen LogP contribution in [-0.2, 0) is 16.0 Å². The normalized spacial score (nSPS) is 25.6. The first-order valence-electron chi connectivity index (χ1n) is 13.1. The lowest BCUT2D eigenvalue weighted by atomic mass is 9.55. The van der Waals surface area contributed by atoms with Crippen molar-refractivity contribution in [2.75, 3.05) is 6.61 Å². The van der Waals surface area contributed by atoms with Crippen LogP contribution >= 0.6 is 0 Å². The van der Waals surface area contributed by atoms with Crippen molar-refractivity contribution in [3.8, 4) is 11.5 Å². The summed E-state index contributed by atoms with van der Waals surface area (Å²) < 4.78 is 12.0. The highest BCUT2D eigenvalue weighted by atomic mass is 16.5. The van der Waals surface area contributed by atoms with Gasteiger partial charge in [0.25, 0.3) is 0 Å². The van der Waals surface area contributed by atoms with E-state index in [1.807, 2.05) is 12.1 Å². The van der Waals surface area contributed by atoms with Crippen LogP contribution in [0.1, 0.15) is 93.2 Å². The average Bonchev–Trinajstić information content (AvgIpc) is 2.84. The molecule has 5 rings (SSSR count). The summed E-state index contributed by atoms with van der Waals surface area (Å²) in [6, 6.07) is 14.6. The van der Waals surface area contributed by atoms with Gasteiger partial charge in [-0.25, -0.2) is 0 Å². The van der Waals surface area contributed by atoms with Crippen LogP contribution in [-0.4, -0.2) is 18.4 Å². The highest BCUT2D eigenvalue weighted by molar-refractivity contribution is 5.81. The topological polar surface area (TPSA) is 52.6 Å². The molecule has 2 fully saturated rings. The first-order chi connectivity index (χ1) is 16.6. The third-order valence-corrected chi connectivity index (χ3v) is 8.23. The minimum Gasteiger partial charge on any atom is -0.493 e. The Morgan fingerprint density at radius 2 is 1.76 bits per heavy atom. The number of ether oxygens (including phenoxy) is 2. The highest BCUT2D eigenvalue weighted by Crippen LogP contribution is 2.59. The minimum atomic E-state index is -0.313. The van der Waals surface area contributed by atoms with Gasteiger partial charge in [0, 0.05) is 31.4 Å². The summed E-state index contributed by atoms with van der Waals surface area (Å²) in [5.74, 6) is 3.25. The molecule has 0 N–H and O–H groups in total. The van der Waals surface area contributed by atoms with E-state index in [-0.39, 0.29) is 11.9 Å². The molecule has 0 radical (unpaired) electrons. The zero-order valence-electron chi connectivity index (χ0n) is 20.3. The number of carbonyl (C=O) groups excluding carboxylic acids is 2. The maximum absolute atomic E-state index is 12.5. The van der Waals surface area contributed by atoms with E-state index in [2.05, 4.69) is 30.3 Å². The zero-order valence-corrected chi connectivity index (χ0v) is 20.3. The number of carbonyl (C=O) groups is 2. The molecule has 0 bridgehead atoms. The van der Waals surface area contributed by atoms with Crippen LogP contribution in [0, 0.1) is 11.8 Å². The van der Waals surface area contributed by atoms with Crippen LogP contribution in [0.4, 0.5) is 0 Å². The molecule has 3 aliphatic rings. The molecule has 3 aliphatic carbocycles. The number of ketones is 1. The predicted octanol–water partition coefficient (Wildman–Crippen LogP) is 6.75. The van der Waals surface area contributed by atoms with E-state index in [1.54, 1.807) is 0 Å². The number of fused-ring (bicyclic) bond motifs is 6. The zero-order chi connectivity index (χ0) is 23.5. The fourth-order valence-electron chi connectivity index (χ4n) is 6.83. The summed E-state index contributed by atoms with van der Waals surface area (Å²) in [6.45, 7) is 2.10. The Labute approximate surface area is 203 Å². The number of aryl methyl sites for hydroxylation is 1. The van der Waals surface area contributed by atoms with E-state index in [0.717, 1.165) is 37.0 Å². The Morgan fingerprint density at radius 3 is 2.59 bits per heavy atom. The van der Waals surface area contributed by atoms with Crippen LogP contribution in [0.15, 0.2) is 42.5 Å². The molecular weight excluding hydrogens is 424 g/mol. The van der Waals surface area contributed by atoms with Crippen molar-refractivity contribution < 1.29 is 19.1 Å². The Balaban J connectivity index is 1.38. The van der Waals surface area contributed by atoms with Gasteiger partial charge in [0.2, 0.25) is 0 Å². The summed E-state index contributed by atoms with van der Waals surface area (Å²) >= 11 is 0. The second kappa shape index (κ2) is 10.3. The molecule has 0 aromatic heterocycles. The quantitative estimate of drug-likeness (QED) is 0.260. The van der Waals surface area contributed by atoms with Crippen molar-refractivity contribution in [1.29, 1.82) is 0 Å². The number of benzene rings is 2. The Bertz CT molecular complexity index is 1030. The van der Waals surface area contributed by atoms with Crippen molar-refractivity contribution >= 4 is 11.8 Å². The van der Waals surface area contributed by atoms with Crippen molar-refractivity contribution in [3.63, 3.8) is 0 Å². The highest BCUT2D eigenvalue weighted by Gasteiger charge is 2.47. The number of unbranched alkanes of at least 4 members (excludes halogenated alkanes) is 1. The third-order valence-electron chi connectivity index (χ3n) is 8.23. The van der Waals surface area contributed by atoms with Gasteiger partial charge in [0.05, 0.1) is 6.61 Å². The van der Waals surface area contributed by atoms with Gasteiger partial charge < -0.3 is 9.47 Å². The molecule has 0 amide bonds. The van der Waals surface area contributed by atoms with Crippen LogP contribution in [0.3, 0.4) is 0 Å². The Morgan fingerprint density at radius 1 is 0.971 bits per heavy atom. The van der Waals surface area contributed by atoms with Crippen LogP contribution in [0.2, 0.25) is 0 Å². The second-order valence-corrected chi connectivity index (χ2v) is 10.4. The van der Waals surface area contributed by atoms with Crippen LogP contribution in [0.25, 0.3) is 0 Å². The molecule has 2 saturated carbocycles. The maximum atomic E-state index is 12.5. The molecule has 4 heteroatoms. The Hall–Kier alpha value is -2.62. The Kier molecular flexibility index (Phi) is 7.03. The van der Waals surface area contributed by atoms with Gasteiger partial charge >= 0.3 is 5.97 Å². The van der Waals surface area contributed by atoms with Gasteiger partial charge in [-0.3, -0.25) is 9.59 Å². The lowest BCUT2D eigenvalue weighted by molar-refractivity contribution is -0.132. The number of rotatable bonds is 7. The minimum absolute atomic E-state index is 0.171. The molecule has 0 aliphatic heterocycles. The molecule has 2 aromatic rings. The SMILES string of the molecule is CC(=O)Oc1cc(OCCCCc2ccccc2)cc2c1[C@@H]1CC(=O)CC[C@H]1[C@@H]1CCCC[C@@H]21. The van der Waals surface area contributed by atoms with E-state index in [4.69, 9.17) is 9.47 Å². The summed E-state index contributed by atoms with van der Waals surface area (Å²) in [7, 11) is 0. The van der Waals surface area contributed by atoms with E-state index in [9.17, 15) is 9.59 Å². The molecule has 34 heavy (non-hydrogen) atoms. The van der Waals surface area contributed by atoms with Gasteiger partial charge in [0.15, 0.2) is 0 Å². The van der Waals surface area contributed by atoms with E-state index in [1.165, 1.54) is 43.7 Å². The molecule has 2 aromatic carbocycles. The molecule has 0 saturated heterocycles. The van der Waals surface area contributed by atoms with Gasteiger partial charge in [-0.15, -0.1) is 0 Å². The van der Waals surface area contributed by atoms with Gasteiger partial charge in [-0.05, 0) is 79.4 Å². The monoisotopic (exact) mass is 460 g/mol. The second-order valence-electron chi connectivity index (χ2n) is 10.4. The smallest absolute Gasteiger partial charge is 0.308 e. The fraction of sp³-hybridized carbons (Fsp3) is 0.533. The summed E-state index contributed by atoms with van der Waals surface area (Å²) in [5.41, 5.74) is 3.75. The number of Topliss-reactive ketones (excluding diaryl/α,β-unsaturated/α-hetero) is 1. The molecule has 4 nitrogen and oxygen atoms in total. The van der Waals surface area contributed by atoms with Crippen molar-refractivity contribution in [2.24, 2.45) is 11.8 Å². The van der Waals surface area contributed by atoms with Crippen molar-refractivity contribution in [3.05, 3.63) is 59.2 Å². The van der Waals surface area contributed by atoms with Gasteiger partial charge in [0.1, 0.15) is 17.3 Å². The molecule has 0 heterocycles. The van der Waals surface area contributed by atoms with E-state index < -0.39 is 0 Å². The van der Waals surface area contributed by atoms with E-state index in [0.29, 0.717) is 48.7 Å². The standard InChI is InChI=1S/C30H36O4/c1-20(31)34-29-19-23(33-16-8-7-11-21-9-3-2-4-10-21)18-28-25-13-6-5-12-24(25)26-15-14-22(32)17-27(26)30(28)29/h2-4,9-10,18-19,24-27H,5-8,11-17H2,1H3/t24-,25-,26+,27-/m1/s1. The van der Waals surface area contributed by atoms with Gasteiger partial charge in [-0.1, -0.05) is 43.2 Å². The summed E-state index contributed by atoms with van der Waals surface area (Å²) in [4.78, 5) is 24.5. The van der Waals surface area contributed by atoms with Crippen molar-refractivity contribution in [2.45, 2.75) is 83.0 Å². The number of hydrogen-bond donors (Lipinski definition) is 0. The molecule has 4 atom stereocenters. The third kappa shape index (κ3) is 4.92. The molecule has 180 valence electrons. The molecular formula is C30H36O4. The summed E-state index contributed by atoms with van der Waals surface area (Å²) in [5, 5.41) is 0. The number of hydrogen-bond acceptors (Lipinski definition) is 4. The summed E-state index contributed by atoms with van der Waals surface area (Å²) in [6.07, 6.45) is 10.3. The van der Waals surface area contributed by atoms with Crippen molar-refractivity contribution in [1.82, 2.24) is 0 Å². The predicted molar refractivity (Wildman–Crippen MR) is 132 cm³/mol. The first kappa shape index (κ1) is 23.1. The lowest BCUT2D eigenvalue weighted by Crippen LogP contribution is -2.39. The molecule has 0 spiro atoms. The van der Waals surface area contributed by atoms with Gasteiger partial charge in [-0.2, -0.15) is 0 Å². The maximum Gasteiger partial charge on any atom is 0.308 e. The fourth-order valence-corrected chi connectivity index (χ4v) is 6.83. The van der Waals surface area contributed by atoms with Crippen LogP contribution in [0.5, 0.6) is 11.5 Å². The largest absolute Gasteiger partial charge is 0.493 e. The lowest BCUT2D eigenvalue weighted by Gasteiger charge is -2.49.